The topological polar surface area (TPSA) is 54.5 Å². The van der Waals surface area contributed by atoms with Gasteiger partial charge in [0.2, 0.25) is 0 Å². The molecule has 1 aromatic heterocycles. The van der Waals surface area contributed by atoms with Gasteiger partial charge in [-0.1, -0.05) is 0 Å². The van der Waals surface area contributed by atoms with Gasteiger partial charge in [0.25, 0.3) is 0 Å². The summed E-state index contributed by atoms with van der Waals surface area (Å²) in [7, 11) is 0. The van der Waals surface area contributed by atoms with Crippen molar-refractivity contribution in [2.24, 2.45) is 10.7 Å². The lowest BCUT2D eigenvalue weighted by Gasteiger charge is -2.27. The van der Waals surface area contributed by atoms with E-state index in [-0.39, 0.29) is 0 Å². The minimum absolute atomic E-state index is 0.639. The average Bonchev–Trinajstić information content (AvgIpc) is 3.16. The molecule has 0 atom stereocenters. The second-order valence-electron chi connectivity index (χ2n) is 5.16. The zero-order valence-electron chi connectivity index (χ0n) is 10.6. The molecule has 18 heavy (non-hydrogen) atoms. The van der Waals surface area contributed by atoms with Crippen LogP contribution in [0.2, 0.25) is 0 Å². The molecule has 1 aliphatic heterocycles. The monoisotopic (exact) mass is 264 g/mol. The molecule has 0 radical (unpaired) electrons. The second-order valence-corrected chi connectivity index (χ2v) is 6.11. The number of nitrogens with two attached hydrogens (primary N) is 1. The number of nitrogens with zero attached hydrogens (tertiary/aromatic N) is 3. The van der Waals surface area contributed by atoms with Crippen molar-refractivity contribution in [3.05, 3.63) is 16.1 Å². The van der Waals surface area contributed by atoms with E-state index >= 15 is 0 Å². The maximum atomic E-state index is 6.03. The Morgan fingerprint density at radius 1 is 1.39 bits per heavy atom. The summed E-state index contributed by atoms with van der Waals surface area (Å²) >= 11 is 1.71. The third-order valence-electron chi connectivity index (χ3n) is 3.62. The van der Waals surface area contributed by atoms with Crippen LogP contribution in [0.1, 0.15) is 48.7 Å². The summed E-state index contributed by atoms with van der Waals surface area (Å²) in [5.41, 5.74) is 7.29. The molecule has 1 saturated carbocycles. The Morgan fingerprint density at radius 2 is 2.17 bits per heavy atom. The Morgan fingerprint density at radius 3 is 2.89 bits per heavy atom. The van der Waals surface area contributed by atoms with Crippen LogP contribution in [0, 0.1) is 0 Å². The van der Waals surface area contributed by atoms with Gasteiger partial charge in [0.15, 0.2) is 5.96 Å². The largest absolute Gasteiger partial charge is 0.370 e. The van der Waals surface area contributed by atoms with Crippen molar-refractivity contribution in [1.82, 2.24) is 9.88 Å². The lowest BCUT2D eigenvalue weighted by atomic mass is 10.1. The molecule has 2 heterocycles. The number of guanidine groups is 1. The normalized spacial score (nSPS) is 21.3. The van der Waals surface area contributed by atoms with Crippen LogP contribution in [-0.2, 0) is 6.54 Å². The fourth-order valence-electron chi connectivity index (χ4n) is 2.34. The molecule has 1 aromatic rings. The maximum Gasteiger partial charge on any atom is 0.191 e. The molecule has 0 spiro atoms. The first-order valence-corrected chi connectivity index (χ1v) is 7.70. The lowest BCUT2D eigenvalue weighted by Crippen LogP contribution is -2.40. The molecule has 2 aliphatic rings. The number of aromatic nitrogens is 1. The van der Waals surface area contributed by atoms with Gasteiger partial charge < -0.3 is 10.6 Å². The van der Waals surface area contributed by atoms with Gasteiger partial charge in [0.1, 0.15) is 5.01 Å². The van der Waals surface area contributed by atoms with E-state index in [0.29, 0.717) is 12.5 Å². The van der Waals surface area contributed by atoms with Crippen molar-refractivity contribution in [3.63, 3.8) is 0 Å². The minimum atomic E-state index is 0.639. The molecule has 1 aliphatic carbocycles. The summed E-state index contributed by atoms with van der Waals surface area (Å²) in [4.78, 5) is 11.3. The first-order chi connectivity index (χ1) is 8.83. The quantitative estimate of drug-likeness (QED) is 0.673. The number of aliphatic imine (C=N–C) groups is 1. The summed E-state index contributed by atoms with van der Waals surface area (Å²) in [5, 5.41) is 3.27. The van der Waals surface area contributed by atoms with E-state index in [9.17, 15) is 0 Å². The summed E-state index contributed by atoms with van der Waals surface area (Å²) in [6.45, 7) is 2.75. The summed E-state index contributed by atoms with van der Waals surface area (Å²) in [6, 6.07) is 0. The molecule has 2 N–H and O–H groups in total. The van der Waals surface area contributed by atoms with Crippen molar-refractivity contribution in [2.45, 2.75) is 44.6 Å². The zero-order valence-corrected chi connectivity index (χ0v) is 11.5. The molecule has 0 bridgehead atoms. The van der Waals surface area contributed by atoms with E-state index in [1.807, 2.05) is 0 Å². The Hall–Kier alpha value is -1.10. The van der Waals surface area contributed by atoms with Crippen molar-refractivity contribution < 1.29 is 0 Å². The highest BCUT2D eigenvalue weighted by molar-refractivity contribution is 7.09. The summed E-state index contributed by atoms with van der Waals surface area (Å²) in [6.07, 6.45) is 6.41. The maximum absolute atomic E-state index is 6.03. The molecule has 1 saturated heterocycles. The van der Waals surface area contributed by atoms with Gasteiger partial charge in [-0.3, -0.25) is 0 Å². The average molecular weight is 264 g/mol. The first-order valence-electron chi connectivity index (χ1n) is 6.82. The Labute approximate surface area is 112 Å². The predicted molar refractivity (Wildman–Crippen MR) is 74.8 cm³/mol. The molecule has 2 fully saturated rings. The fraction of sp³-hybridized carbons (Fsp3) is 0.692. The van der Waals surface area contributed by atoms with Crippen LogP contribution in [0.3, 0.4) is 0 Å². The van der Waals surface area contributed by atoms with Crippen LogP contribution in [0.4, 0.5) is 0 Å². The number of rotatable bonds is 3. The van der Waals surface area contributed by atoms with E-state index in [4.69, 9.17) is 5.73 Å². The smallest absolute Gasteiger partial charge is 0.191 e. The van der Waals surface area contributed by atoms with Crippen LogP contribution < -0.4 is 5.73 Å². The first kappa shape index (κ1) is 12.0. The van der Waals surface area contributed by atoms with E-state index in [2.05, 4.69) is 20.3 Å². The zero-order chi connectivity index (χ0) is 12.4. The standard InChI is InChI=1S/C13H20N4S/c14-13(17-6-2-1-3-7-17)15-8-12-16-11(9-18-12)10-4-5-10/h9-10H,1-8H2,(H2,14,15). The third-order valence-corrected chi connectivity index (χ3v) is 4.47. The Bertz CT molecular complexity index is 430. The van der Waals surface area contributed by atoms with Gasteiger partial charge in [-0.05, 0) is 32.1 Å². The molecular weight excluding hydrogens is 244 g/mol. The minimum Gasteiger partial charge on any atom is -0.370 e. The van der Waals surface area contributed by atoms with Crippen LogP contribution in [0.25, 0.3) is 0 Å². The number of likely N-dealkylation sites (tertiary alicyclic amines) is 1. The molecule has 4 nitrogen and oxygen atoms in total. The molecule has 3 rings (SSSR count). The molecular formula is C13H20N4S. The van der Waals surface area contributed by atoms with Crippen LogP contribution in [-0.4, -0.2) is 28.9 Å². The van der Waals surface area contributed by atoms with Gasteiger partial charge >= 0.3 is 0 Å². The van der Waals surface area contributed by atoms with Gasteiger partial charge in [-0.2, -0.15) is 0 Å². The van der Waals surface area contributed by atoms with Crippen molar-refractivity contribution >= 4 is 17.3 Å². The van der Waals surface area contributed by atoms with Crippen LogP contribution in [0.5, 0.6) is 0 Å². The van der Waals surface area contributed by atoms with Gasteiger partial charge in [-0.15, -0.1) is 11.3 Å². The second kappa shape index (κ2) is 5.26. The van der Waals surface area contributed by atoms with Gasteiger partial charge in [0, 0.05) is 24.4 Å². The third kappa shape index (κ3) is 2.83. The number of thiazole rings is 1. The Kier molecular flexibility index (Phi) is 3.50. The SMILES string of the molecule is NC(=NCc1nc(C2CC2)cs1)N1CCCCC1. The highest BCUT2D eigenvalue weighted by Crippen LogP contribution is 2.40. The van der Waals surface area contributed by atoms with Gasteiger partial charge in [-0.25, -0.2) is 9.98 Å². The molecule has 0 amide bonds. The van der Waals surface area contributed by atoms with E-state index < -0.39 is 0 Å². The van der Waals surface area contributed by atoms with Gasteiger partial charge in [0.05, 0.1) is 12.2 Å². The molecule has 98 valence electrons. The summed E-state index contributed by atoms with van der Waals surface area (Å²) in [5.74, 6) is 1.43. The van der Waals surface area contributed by atoms with Crippen molar-refractivity contribution in [1.29, 1.82) is 0 Å². The molecule has 0 unspecified atom stereocenters. The predicted octanol–water partition coefficient (Wildman–Crippen LogP) is 2.32. The van der Waals surface area contributed by atoms with E-state index in [1.54, 1.807) is 11.3 Å². The number of hydrogen-bond acceptors (Lipinski definition) is 3. The number of piperidine rings is 1. The molecule has 0 aromatic carbocycles. The van der Waals surface area contributed by atoms with Crippen molar-refractivity contribution in [2.75, 3.05) is 13.1 Å². The van der Waals surface area contributed by atoms with Crippen molar-refractivity contribution in [3.8, 4) is 0 Å². The highest BCUT2D eigenvalue weighted by Gasteiger charge is 2.25. The van der Waals surface area contributed by atoms with E-state index in [1.165, 1.54) is 37.8 Å². The highest BCUT2D eigenvalue weighted by atomic mass is 32.1. The molecule has 5 heteroatoms. The Balaban J connectivity index is 1.57. The van der Waals surface area contributed by atoms with Crippen LogP contribution in [0.15, 0.2) is 10.4 Å². The van der Waals surface area contributed by atoms with Crippen LogP contribution >= 0.6 is 11.3 Å². The number of hydrogen-bond donors (Lipinski definition) is 1. The summed E-state index contributed by atoms with van der Waals surface area (Å²) < 4.78 is 0. The lowest BCUT2D eigenvalue weighted by molar-refractivity contribution is 0.338. The van der Waals surface area contributed by atoms with E-state index in [0.717, 1.165) is 24.0 Å². The fourth-order valence-corrected chi connectivity index (χ4v) is 3.14.